The van der Waals surface area contributed by atoms with Crippen molar-refractivity contribution < 1.29 is 44.9 Å². The van der Waals surface area contributed by atoms with E-state index >= 15 is 0 Å². The van der Waals surface area contributed by atoms with Crippen LogP contribution in [0.2, 0.25) is 0 Å². The summed E-state index contributed by atoms with van der Waals surface area (Å²) in [5.74, 6) is -4.54. The van der Waals surface area contributed by atoms with Crippen LogP contribution in [-0.4, -0.2) is 55.3 Å². The molecule has 29 heavy (non-hydrogen) atoms. The largest absolute Gasteiger partial charge is 1.00 e. The Morgan fingerprint density at radius 3 is 2.55 bits per heavy atom. The zero-order valence-electron chi connectivity index (χ0n) is 17.0. The number of likely N-dealkylation sites (N-methyl/N-ethyl adjacent to an activating group) is 1. The third-order valence-electron chi connectivity index (χ3n) is 6.09. The minimum atomic E-state index is -2.86. The standard InChI is InChI=1S/C22H30F2NO3.BrH/c1-25(2)13-9-17(10-14-25)11-15-28-20(26)22(27,18-6-4-3-5-7-18)19-8-12-21(23,24)16-19;/h3-7,9,19,27H,8,10-16H2,1-2H3;1H/q+1;/p-1/t19-,22+;/m1./s1. The lowest BCUT2D eigenvalue weighted by atomic mass is 9.80. The van der Waals surface area contributed by atoms with Crippen molar-refractivity contribution in [2.75, 3.05) is 33.8 Å². The highest BCUT2D eigenvalue weighted by molar-refractivity contribution is 5.81. The van der Waals surface area contributed by atoms with Crippen molar-refractivity contribution in [1.29, 1.82) is 0 Å². The van der Waals surface area contributed by atoms with Gasteiger partial charge in [-0.1, -0.05) is 35.9 Å². The summed E-state index contributed by atoms with van der Waals surface area (Å²) < 4.78 is 33.9. The molecule has 1 saturated carbocycles. The maximum atomic E-state index is 13.8. The van der Waals surface area contributed by atoms with E-state index in [1.165, 1.54) is 5.57 Å². The second-order valence-corrected chi connectivity index (χ2v) is 8.77. The quantitative estimate of drug-likeness (QED) is 0.375. The molecular weight excluding hydrogens is 444 g/mol. The highest BCUT2D eigenvalue weighted by atomic mass is 79.9. The Morgan fingerprint density at radius 2 is 2.00 bits per heavy atom. The number of hydrogen-bond acceptors (Lipinski definition) is 3. The van der Waals surface area contributed by atoms with Gasteiger partial charge in [0.25, 0.3) is 0 Å². The second kappa shape index (κ2) is 9.23. The SMILES string of the molecule is C[N+]1(C)CC=C(CCOC(=O)[C@](O)(c2ccccc2)[C@@H]2CCC(F)(F)C2)CC1.[Br-]. The van der Waals surface area contributed by atoms with Gasteiger partial charge in [-0.2, -0.15) is 0 Å². The van der Waals surface area contributed by atoms with E-state index in [0.717, 1.165) is 24.0 Å². The van der Waals surface area contributed by atoms with Gasteiger partial charge in [-0.25, -0.2) is 13.6 Å². The molecule has 0 aromatic heterocycles. The number of quaternary nitrogens is 1. The Hall–Kier alpha value is -1.31. The number of rotatable bonds is 6. The molecule has 0 radical (unpaired) electrons. The molecule has 0 saturated heterocycles. The number of hydrogen-bond donors (Lipinski definition) is 1. The number of halogens is 3. The summed E-state index contributed by atoms with van der Waals surface area (Å²) >= 11 is 0. The fraction of sp³-hybridized carbons (Fsp3) is 0.591. The van der Waals surface area contributed by atoms with E-state index in [1.54, 1.807) is 30.3 Å². The lowest BCUT2D eigenvalue weighted by Crippen LogP contribution is -3.00. The predicted octanol–water partition coefficient (Wildman–Crippen LogP) is 0.653. The van der Waals surface area contributed by atoms with Crippen LogP contribution in [0.4, 0.5) is 8.78 Å². The number of alkyl halides is 2. The van der Waals surface area contributed by atoms with E-state index in [2.05, 4.69) is 20.2 Å². The minimum absolute atomic E-state index is 0. The monoisotopic (exact) mass is 473 g/mol. The molecular formula is C22H30BrF2NO3. The molecule has 0 spiro atoms. The van der Waals surface area contributed by atoms with Gasteiger partial charge in [0.1, 0.15) is 0 Å². The molecule has 2 atom stereocenters. The molecule has 0 unspecified atom stereocenters. The summed E-state index contributed by atoms with van der Waals surface area (Å²) in [4.78, 5) is 12.9. The first kappa shape index (κ1) is 24.0. The van der Waals surface area contributed by atoms with Gasteiger partial charge >= 0.3 is 5.97 Å². The molecule has 7 heteroatoms. The molecule has 1 aromatic carbocycles. The van der Waals surface area contributed by atoms with Gasteiger partial charge in [-0.3, -0.25) is 0 Å². The third kappa shape index (κ3) is 5.64. The first-order valence-corrected chi connectivity index (χ1v) is 9.95. The van der Waals surface area contributed by atoms with Crippen LogP contribution in [0, 0.1) is 5.92 Å². The van der Waals surface area contributed by atoms with E-state index in [0.29, 0.717) is 12.0 Å². The van der Waals surface area contributed by atoms with Gasteiger partial charge in [0.15, 0.2) is 5.60 Å². The molecule has 1 N–H and O–H groups in total. The van der Waals surface area contributed by atoms with E-state index < -0.39 is 29.8 Å². The summed E-state index contributed by atoms with van der Waals surface area (Å²) in [5.41, 5.74) is -0.486. The third-order valence-corrected chi connectivity index (χ3v) is 6.09. The van der Waals surface area contributed by atoms with Crippen LogP contribution < -0.4 is 17.0 Å². The maximum absolute atomic E-state index is 13.8. The molecule has 1 aromatic rings. The van der Waals surface area contributed by atoms with Crippen LogP contribution in [0.25, 0.3) is 0 Å². The summed E-state index contributed by atoms with van der Waals surface area (Å²) in [6.45, 7) is 2.12. The minimum Gasteiger partial charge on any atom is -1.00 e. The highest BCUT2D eigenvalue weighted by Gasteiger charge is 2.54. The Bertz CT molecular complexity index is 739. The van der Waals surface area contributed by atoms with Gasteiger partial charge in [0, 0.05) is 31.6 Å². The number of ether oxygens (including phenoxy) is 1. The average Bonchev–Trinajstić information content (AvgIpc) is 3.03. The lowest BCUT2D eigenvalue weighted by Gasteiger charge is -2.33. The number of nitrogens with zero attached hydrogens (tertiary/aromatic N) is 1. The molecule has 2 aliphatic rings. The highest BCUT2D eigenvalue weighted by Crippen LogP contribution is 2.47. The van der Waals surface area contributed by atoms with Gasteiger partial charge in [-0.15, -0.1) is 0 Å². The second-order valence-electron chi connectivity index (χ2n) is 8.77. The first-order chi connectivity index (χ1) is 13.1. The van der Waals surface area contributed by atoms with E-state index in [9.17, 15) is 18.7 Å². The van der Waals surface area contributed by atoms with Crippen molar-refractivity contribution in [2.24, 2.45) is 5.92 Å². The van der Waals surface area contributed by atoms with E-state index in [4.69, 9.17) is 4.74 Å². The van der Waals surface area contributed by atoms with Crippen LogP contribution in [0.5, 0.6) is 0 Å². The van der Waals surface area contributed by atoms with Crippen LogP contribution in [-0.2, 0) is 15.1 Å². The zero-order chi connectivity index (χ0) is 20.4. The Labute approximate surface area is 181 Å². The molecule has 4 nitrogen and oxygen atoms in total. The smallest absolute Gasteiger partial charge is 0.343 e. The van der Waals surface area contributed by atoms with Crippen molar-refractivity contribution >= 4 is 5.97 Å². The normalized spacial score (nSPS) is 24.7. The van der Waals surface area contributed by atoms with Gasteiger partial charge in [-0.05, 0) is 18.1 Å². The Balaban J connectivity index is 0.00000300. The average molecular weight is 474 g/mol. The summed E-state index contributed by atoms with van der Waals surface area (Å²) in [6.07, 6.45) is 3.00. The fourth-order valence-electron chi connectivity index (χ4n) is 4.15. The van der Waals surface area contributed by atoms with Crippen molar-refractivity contribution in [2.45, 2.75) is 43.6 Å². The molecule has 1 fully saturated rings. The number of aliphatic hydroxyl groups is 1. The molecule has 162 valence electrons. The van der Waals surface area contributed by atoms with Gasteiger partial charge in [0.2, 0.25) is 5.92 Å². The van der Waals surface area contributed by atoms with E-state index in [1.807, 2.05) is 0 Å². The summed E-state index contributed by atoms with van der Waals surface area (Å²) in [7, 11) is 4.34. The molecule has 1 aliphatic carbocycles. The van der Waals surface area contributed by atoms with Gasteiger partial charge in [0.05, 0.1) is 33.8 Å². The first-order valence-electron chi connectivity index (χ1n) is 9.95. The van der Waals surface area contributed by atoms with Crippen molar-refractivity contribution in [3.8, 4) is 0 Å². The number of carbonyl (C=O) groups excluding carboxylic acids is 1. The summed E-state index contributed by atoms with van der Waals surface area (Å²) in [5, 5.41) is 11.3. The Morgan fingerprint density at radius 1 is 1.31 bits per heavy atom. The predicted molar refractivity (Wildman–Crippen MR) is 103 cm³/mol. The number of benzene rings is 1. The zero-order valence-corrected chi connectivity index (χ0v) is 18.6. The molecule has 1 heterocycles. The van der Waals surface area contributed by atoms with Crippen molar-refractivity contribution in [3.05, 3.63) is 47.5 Å². The molecule has 0 bridgehead atoms. The number of esters is 1. The van der Waals surface area contributed by atoms with Crippen molar-refractivity contribution in [1.82, 2.24) is 0 Å². The van der Waals surface area contributed by atoms with Crippen LogP contribution in [0.15, 0.2) is 42.0 Å². The number of carbonyl (C=O) groups is 1. The lowest BCUT2D eigenvalue weighted by molar-refractivity contribution is -0.886. The fourth-order valence-corrected chi connectivity index (χ4v) is 4.15. The van der Waals surface area contributed by atoms with E-state index in [-0.39, 0.29) is 36.4 Å². The van der Waals surface area contributed by atoms with Crippen LogP contribution >= 0.6 is 0 Å². The maximum Gasteiger partial charge on any atom is 0.343 e. The Kier molecular flexibility index (Phi) is 7.63. The summed E-state index contributed by atoms with van der Waals surface area (Å²) in [6, 6.07) is 8.33. The topological polar surface area (TPSA) is 46.5 Å². The molecule has 3 rings (SSSR count). The van der Waals surface area contributed by atoms with Crippen molar-refractivity contribution in [3.63, 3.8) is 0 Å². The molecule has 0 amide bonds. The van der Waals surface area contributed by atoms with Crippen LogP contribution in [0.1, 0.15) is 37.7 Å². The van der Waals surface area contributed by atoms with Gasteiger partial charge < -0.3 is 31.3 Å². The molecule has 1 aliphatic heterocycles. The van der Waals surface area contributed by atoms with Crippen LogP contribution in [0.3, 0.4) is 0 Å².